The Morgan fingerprint density at radius 3 is 2.54 bits per heavy atom. The maximum absolute atomic E-state index is 13.1. The number of hydrogen-bond donors (Lipinski definition) is 0. The minimum absolute atomic E-state index is 0.0155. The van der Waals surface area contributed by atoms with Crippen molar-refractivity contribution in [2.24, 2.45) is 4.99 Å². The van der Waals surface area contributed by atoms with Crippen LogP contribution in [0.2, 0.25) is 0 Å². The summed E-state index contributed by atoms with van der Waals surface area (Å²) in [6.45, 7) is 0.399. The SMILES string of the molecule is C#CCn1c(=NC(=O)c2ccc(S(=O)(=O)N(C)C3CCCCC3)cc2)sc2cc3c(cc21)OCO3. The van der Waals surface area contributed by atoms with Crippen molar-refractivity contribution >= 4 is 37.5 Å². The van der Waals surface area contributed by atoms with Crippen LogP contribution in [0.4, 0.5) is 0 Å². The Balaban J connectivity index is 1.44. The van der Waals surface area contributed by atoms with Crippen LogP contribution in [0.15, 0.2) is 46.3 Å². The second kappa shape index (κ2) is 9.49. The Labute approximate surface area is 207 Å². The Hall–Kier alpha value is -3.13. The van der Waals surface area contributed by atoms with E-state index >= 15 is 0 Å². The van der Waals surface area contributed by atoms with Crippen molar-refractivity contribution in [3.05, 3.63) is 46.8 Å². The number of ether oxygens (including phenoxy) is 2. The highest BCUT2D eigenvalue weighted by molar-refractivity contribution is 7.89. The molecule has 10 heteroatoms. The maximum Gasteiger partial charge on any atom is 0.279 e. The van der Waals surface area contributed by atoms with E-state index in [1.54, 1.807) is 11.6 Å². The first kappa shape index (κ1) is 23.6. The molecule has 0 unspecified atom stereocenters. The van der Waals surface area contributed by atoms with Crippen LogP contribution < -0.4 is 14.3 Å². The summed E-state index contributed by atoms with van der Waals surface area (Å²) in [5.41, 5.74) is 1.10. The highest BCUT2D eigenvalue weighted by Gasteiger charge is 2.29. The fourth-order valence-electron chi connectivity index (χ4n) is 4.52. The number of amides is 1. The van der Waals surface area contributed by atoms with Crippen molar-refractivity contribution in [2.75, 3.05) is 13.8 Å². The molecule has 8 nitrogen and oxygen atoms in total. The summed E-state index contributed by atoms with van der Waals surface area (Å²) >= 11 is 1.32. The van der Waals surface area contributed by atoms with Crippen molar-refractivity contribution in [1.82, 2.24) is 8.87 Å². The van der Waals surface area contributed by atoms with E-state index in [4.69, 9.17) is 15.9 Å². The predicted octanol–water partition coefficient (Wildman–Crippen LogP) is 3.76. The predicted molar refractivity (Wildman–Crippen MR) is 133 cm³/mol. The smallest absolute Gasteiger partial charge is 0.279 e. The number of carbonyl (C=O) groups is 1. The highest BCUT2D eigenvalue weighted by atomic mass is 32.2. The summed E-state index contributed by atoms with van der Waals surface area (Å²) in [7, 11) is -2.00. The van der Waals surface area contributed by atoms with Crippen LogP contribution in [-0.2, 0) is 16.6 Å². The van der Waals surface area contributed by atoms with Crippen molar-refractivity contribution in [1.29, 1.82) is 0 Å². The summed E-state index contributed by atoms with van der Waals surface area (Å²) in [6, 6.07) is 9.64. The molecule has 182 valence electrons. The van der Waals surface area contributed by atoms with Gasteiger partial charge in [-0.3, -0.25) is 4.79 Å². The first-order valence-corrected chi connectivity index (χ1v) is 13.7. The van der Waals surface area contributed by atoms with Gasteiger partial charge in [-0.1, -0.05) is 36.5 Å². The molecule has 1 aliphatic heterocycles. The number of carbonyl (C=O) groups excluding carboxylic acids is 1. The van der Waals surface area contributed by atoms with Gasteiger partial charge in [-0.2, -0.15) is 9.30 Å². The number of thiazole rings is 1. The Morgan fingerprint density at radius 1 is 1.17 bits per heavy atom. The minimum Gasteiger partial charge on any atom is -0.454 e. The number of terminal acetylenes is 1. The third kappa shape index (κ3) is 4.47. The topological polar surface area (TPSA) is 90.2 Å². The quantitative estimate of drug-likeness (QED) is 0.487. The molecular weight excluding hydrogens is 486 g/mol. The van der Waals surface area contributed by atoms with Crippen LogP contribution in [0, 0.1) is 12.3 Å². The number of benzene rings is 2. The van der Waals surface area contributed by atoms with Gasteiger partial charge in [0.2, 0.25) is 16.8 Å². The second-order valence-electron chi connectivity index (χ2n) is 8.60. The molecule has 2 aromatic carbocycles. The molecule has 0 bridgehead atoms. The summed E-state index contributed by atoms with van der Waals surface area (Å²) in [4.78, 5) is 17.9. The average Bonchev–Trinajstić information content (AvgIpc) is 3.46. The van der Waals surface area contributed by atoms with Gasteiger partial charge in [0.1, 0.15) is 0 Å². The summed E-state index contributed by atoms with van der Waals surface area (Å²) < 4.78 is 41.2. The third-order valence-corrected chi connectivity index (χ3v) is 9.46. The van der Waals surface area contributed by atoms with Gasteiger partial charge in [0.05, 0.1) is 21.7 Å². The lowest BCUT2D eigenvalue weighted by Gasteiger charge is -2.30. The highest BCUT2D eigenvalue weighted by Crippen LogP contribution is 2.37. The number of fused-ring (bicyclic) bond motifs is 2. The van der Waals surface area contributed by atoms with Crippen LogP contribution >= 0.6 is 11.3 Å². The van der Waals surface area contributed by atoms with Gasteiger partial charge in [0.15, 0.2) is 16.3 Å². The molecular formula is C25H25N3O5S2. The first-order valence-electron chi connectivity index (χ1n) is 11.4. The standard InChI is InChI=1S/C25H25N3O5S2/c1-3-13-28-20-14-21-22(33-16-32-21)15-23(20)34-25(28)26-24(29)17-9-11-19(12-10-17)35(30,31)27(2)18-7-5-4-6-8-18/h1,9-12,14-15,18H,4-8,13,16H2,2H3. The summed E-state index contributed by atoms with van der Waals surface area (Å²) in [5.74, 6) is 3.38. The molecule has 35 heavy (non-hydrogen) atoms. The van der Waals surface area contributed by atoms with E-state index in [1.807, 2.05) is 12.1 Å². The second-order valence-corrected chi connectivity index (χ2v) is 11.6. The zero-order chi connectivity index (χ0) is 24.6. The molecule has 0 radical (unpaired) electrons. The fraction of sp³-hybridized carbons (Fsp3) is 0.360. The average molecular weight is 512 g/mol. The Kier molecular flexibility index (Phi) is 6.40. The fourth-order valence-corrected chi connectivity index (χ4v) is 6.97. The van der Waals surface area contributed by atoms with Crippen molar-refractivity contribution < 1.29 is 22.7 Å². The molecule has 1 saturated carbocycles. The minimum atomic E-state index is -3.63. The Bertz CT molecular complexity index is 1490. The maximum atomic E-state index is 13.1. The van der Waals surface area contributed by atoms with Crippen LogP contribution in [0.25, 0.3) is 10.2 Å². The number of hydrogen-bond acceptors (Lipinski definition) is 6. The van der Waals surface area contributed by atoms with E-state index < -0.39 is 15.9 Å². The lowest BCUT2D eigenvalue weighted by molar-refractivity contribution is 0.0997. The van der Waals surface area contributed by atoms with E-state index in [9.17, 15) is 13.2 Å². The zero-order valence-corrected chi connectivity index (χ0v) is 20.9. The molecule has 0 atom stereocenters. The van der Waals surface area contributed by atoms with Gasteiger partial charge in [-0.05, 0) is 37.1 Å². The monoisotopic (exact) mass is 511 g/mol. The Morgan fingerprint density at radius 2 is 1.86 bits per heavy atom. The molecule has 2 heterocycles. The van der Waals surface area contributed by atoms with Gasteiger partial charge in [-0.15, -0.1) is 6.42 Å². The van der Waals surface area contributed by atoms with Gasteiger partial charge >= 0.3 is 0 Å². The van der Waals surface area contributed by atoms with Crippen LogP contribution in [0.5, 0.6) is 11.5 Å². The molecule has 0 N–H and O–H groups in total. The molecule has 0 saturated heterocycles. The summed E-state index contributed by atoms with van der Waals surface area (Å²) in [5, 5.41) is 0. The largest absolute Gasteiger partial charge is 0.454 e. The van der Waals surface area contributed by atoms with E-state index in [-0.39, 0.29) is 24.3 Å². The molecule has 0 spiro atoms. The normalized spacial score (nSPS) is 16.7. The number of aromatic nitrogens is 1. The first-order chi connectivity index (χ1) is 16.9. The molecule has 3 aromatic rings. The van der Waals surface area contributed by atoms with Crippen LogP contribution in [-0.4, -0.2) is 43.1 Å². The number of sulfonamides is 1. The van der Waals surface area contributed by atoms with Gasteiger partial charge in [0.25, 0.3) is 5.91 Å². The van der Waals surface area contributed by atoms with Gasteiger partial charge in [-0.25, -0.2) is 8.42 Å². The van der Waals surface area contributed by atoms with Crippen molar-refractivity contribution in [2.45, 2.75) is 49.6 Å². The molecule has 5 rings (SSSR count). The molecule has 2 aliphatic rings. The third-order valence-electron chi connectivity index (χ3n) is 6.49. The lowest BCUT2D eigenvalue weighted by atomic mass is 9.96. The van der Waals surface area contributed by atoms with E-state index in [2.05, 4.69) is 10.9 Å². The lowest BCUT2D eigenvalue weighted by Crippen LogP contribution is -2.38. The van der Waals surface area contributed by atoms with Crippen molar-refractivity contribution in [3.63, 3.8) is 0 Å². The zero-order valence-electron chi connectivity index (χ0n) is 19.3. The van der Waals surface area contributed by atoms with Crippen molar-refractivity contribution in [3.8, 4) is 23.8 Å². The number of nitrogens with zero attached hydrogens (tertiary/aromatic N) is 3. The van der Waals surface area contributed by atoms with E-state index in [0.29, 0.717) is 21.9 Å². The summed E-state index contributed by atoms with van der Waals surface area (Å²) in [6.07, 6.45) is 10.5. The van der Waals surface area contributed by atoms with Gasteiger partial charge in [0, 0.05) is 30.8 Å². The van der Waals surface area contributed by atoms with Gasteiger partial charge < -0.3 is 14.0 Å². The number of rotatable bonds is 5. The molecule has 1 fully saturated rings. The van der Waals surface area contributed by atoms with Crippen LogP contribution in [0.3, 0.4) is 0 Å². The molecule has 1 aromatic heterocycles. The van der Waals surface area contributed by atoms with E-state index in [0.717, 1.165) is 42.3 Å². The van der Waals surface area contributed by atoms with Crippen LogP contribution in [0.1, 0.15) is 42.5 Å². The molecule has 1 amide bonds. The molecule has 1 aliphatic carbocycles. The van der Waals surface area contributed by atoms with E-state index in [1.165, 1.54) is 39.9 Å².